The van der Waals surface area contributed by atoms with Crippen LogP contribution in [0.25, 0.3) is 0 Å². The average molecular weight is 992 g/mol. The van der Waals surface area contributed by atoms with Crippen LogP contribution in [-0.4, -0.2) is 37.2 Å². The molecule has 0 fully saturated rings. The van der Waals surface area contributed by atoms with E-state index in [1.165, 1.54) is 173 Å². The molecule has 6 nitrogen and oxygen atoms in total. The largest absolute Gasteiger partial charge is 0.462 e. The van der Waals surface area contributed by atoms with Gasteiger partial charge in [0.2, 0.25) is 0 Å². The fraction of sp³-hybridized carbons (Fsp3) is 0.769. The van der Waals surface area contributed by atoms with Gasteiger partial charge in [-0.05, 0) is 96.3 Å². The molecule has 0 aliphatic carbocycles. The normalized spacial score (nSPS) is 12.5. The summed E-state index contributed by atoms with van der Waals surface area (Å²) < 4.78 is 16.9. The van der Waals surface area contributed by atoms with Gasteiger partial charge in [-0.2, -0.15) is 0 Å². The van der Waals surface area contributed by atoms with Gasteiger partial charge in [-0.25, -0.2) is 0 Å². The number of esters is 3. The number of hydrogen-bond acceptors (Lipinski definition) is 6. The molecule has 0 aromatic carbocycles. The average Bonchev–Trinajstić information content (AvgIpc) is 3.37. The Balaban J connectivity index is 4.44. The van der Waals surface area contributed by atoms with E-state index >= 15 is 0 Å². The van der Waals surface area contributed by atoms with E-state index in [1.807, 2.05) is 0 Å². The van der Waals surface area contributed by atoms with Gasteiger partial charge in [0.05, 0.1) is 0 Å². The first-order valence-corrected chi connectivity index (χ1v) is 30.5. The van der Waals surface area contributed by atoms with Gasteiger partial charge in [0.25, 0.3) is 0 Å². The number of rotatable bonds is 55. The lowest BCUT2D eigenvalue weighted by molar-refractivity contribution is -0.167. The van der Waals surface area contributed by atoms with E-state index in [0.717, 1.165) is 89.9 Å². The maximum atomic E-state index is 12.9. The second-order valence-electron chi connectivity index (χ2n) is 20.3. The number of carbonyl (C=O) groups excluding carboxylic acids is 3. The lowest BCUT2D eigenvalue weighted by Crippen LogP contribution is -2.30. The van der Waals surface area contributed by atoms with Crippen LogP contribution < -0.4 is 0 Å². The van der Waals surface area contributed by atoms with Gasteiger partial charge in [-0.1, -0.05) is 261 Å². The van der Waals surface area contributed by atoms with Crippen molar-refractivity contribution in [1.82, 2.24) is 0 Å². The van der Waals surface area contributed by atoms with E-state index in [1.54, 1.807) is 0 Å². The molecule has 0 amide bonds. The second kappa shape index (κ2) is 59.4. The molecule has 0 aliphatic heterocycles. The molecule has 0 spiro atoms. The number of unbranched alkanes of at least 4 members (excludes halogenated alkanes) is 35. The number of hydrogen-bond donors (Lipinski definition) is 0. The van der Waals surface area contributed by atoms with Crippen LogP contribution in [0, 0.1) is 0 Å². The molecule has 71 heavy (non-hydrogen) atoms. The first-order valence-electron chi connectivity index (χ1n) is 30.5. The molecule has 0 heterocycles. The predicted octanol–water partition coefficient (Wildman–Crippen LogP) is 20.5. The van der Waals surface area contributed by atoms with Crippen LogP contribution >= 0.6 is 0 Å². The van der Waals surface area contributed by atoms with Crippen molar-refractivity contribution in [1.29, 1.82) is 0 Å². The molecule has 0 rings (SSSR count). The SMILES string of the molecule is CCCCC/C=C\C=C/CCCCCCCCCCCCC(=O)OCC(COC(=O)CCCCC/C=C\C=C/CCCCCCCCC)OC(=O)CCCCCCC/C=C\C=C/CCCCCCCCC. The number of carbonyl (C=O) groups is 3. The fourth-order valence-corrected chi connectivity index (χ4v) is 8.59. The molecular weight excluding hydrogens is 877 g/mol. The zero-order valence-electron chi connectivity index (χ0n) is 47.0. The molecular formula is C65H114O6. The molecule has 0 radical (unpaired) electrons. The molecule has 1 unspecified atom stereocenters. The van der Waals surface area contributed by atoms with E-state index in [2.05, 4.69) is 93.7 Å². The molecule has 0 aromatic rings. The van der Waals surface area contributed by atoms with Crippen LogP contribution in [0.3, 0.4) is 0 Å². The van der Waals surface area contributed by atoms with Gasteiger partial charge in [0, 0.05) is 19.3 Å². The van der Waals surface area contributed by atoms with Crippen molar-refractivity contribution < 1.29 is 28.6 Å². The summed E-state index contributed by atoms with van der Waals surface area (Å²) >= 11 is 0. The van der Waals surface area contributed by atoms with Crippen molar-refractivity contribution in [2.45, 2.75) is 309 Å². The number of allylic oxidation sites excluding steroid dienone is 12. The standard InChI is InChI=1S/C65H114O6/c1-4-7-10-13-16-19-22-25-28-31-33-35-37-40-43-46-49-52-55-58-64(67)70-61-62(60-69-63(66)57-54-51-48-45-42-39-36-30-27-24-21-18-15-12-9-6-3)71-65(68)59-56-53-50-47-44-41-38-34-32-29-26-23-20-17-14-11-8-5-2/h16,19,22,25,29-30,32,34,36,38-39,42,62H,4-15,17-18,20-21,23-24,26-28,31,33,35,37,40-41,43-61H2,1-3H3/b19-16-,25-22-,32-29-,36-30-,38-34-,42-39-. The highest BCUT2D eigenvalue weighted by Crippen LogP contribution is 2.15. The second-order valence-corrected chi connectivity index (χ2v) is 20.3. The van der Waals surface area contributed by atoms with Crippen molar-refractivity contribution in [2.24, 2.45) is 0 Å². The van der Waals surface area contributed by atoms with E-state index < -0.39 is 6.10 Å². The fourth-order valence-electron chi connectivity index (χ4n) is 8.59. The molecule has 0 aliphatic rings. The molecule has 0 aromatic heterocycles. The van der Waals surface area contributed by atoms with Crippen molar-refractivity contribution in [2.75, 3.05) is 13.2 Å². The van der Waals surface area contributed by atoms with Crippen LogP contribution in [-0.2, 0) is 28.6 Å². The summed E-state index contributed by atoms with van der Waals surface area (Å²) in [7, 11) is 0. The highest BCUT2D eigenvalue weighted by atomic mass is 16.6. The highest BCUT2D eigenvalue weighted by Gasteiger charge is 2.19. The quantitative estimate of drug-likeness (QED) is 0.0261. The third-order valence-corrected chi connectivity index (χ3v) is 13.2. The van der Waals surface area contributed by atoms with E-state index in [0.29, 0.717) is 19.3 Å². The first kappa shape index (κ1) is 67.8. The van der Waals surface area contributed by atoms with Crippen LogP contribution in [0.2, 0.25) is 0 Å². The van der Waals surface area contributed by atoms with Crippen LogP contribution in [0.4, 0.5) is 0 Å². The molecule has 0 saturated heterocycles. The van der Waals surface area contributed by atoms with Gasteiger partial charge in [-0.15, -0.1) is 0 Å². The van der Waals surface area contributed by atoms with Gasteiger partial charge >= 0.3 is 17.9 Å². The van der Waals surface area contributed by atoms with E-state index in [-0.39, 0.29) is 31.1 Å². The monoisotopic (exact) mass is 991 g/mol. The summed E-state index contributed by atoms with van der Waals surface area (Å²) in [6.07, 6.45) is 76.1. The molecule has 0 N–H and O–H groups in total. The first-order chi connectivity index (χ1) is 35.0. The zero-order chi connectivity index (χ0) is 51.4. The van der Waals surface area contributed by atoms with Gasteiger partial charge in [0.15, 0.2) is 6.10 Å². The summed E-state index contributed by atoms with van der Waals surface area (Å²) in [5.41, 5.74) is 0. The Bertz CT molecular complexity index is 1320. The van der Waals surface area contributed by atoms with Crippen molar-refractivity contribution >= 4 is 17.9 Å². The minimum absolute atomic E-state index is 0.0913. The van der Waals surface area contributed by atoms with Crippen LogP contribution in [0.15, 0.2) is 72.9 Å². The predicted molar refractivity (Wildman–Crippen MR) is 307 cm³/mol. The van der Waals surface area contributed by atoms with E-state index in [4.69, 9.17) is 14.2 Å². The van der Waals surface area contributed by atoms with Crippen molar-refractivity contribution in [3.63, 3.8) is 0 Å². The Morgan fingerprint density at radius 2 is 0.493 bits per heavy atom. The Morgan fingerprint density at radius 1 is 0.282 bits per heavy atom. The number of ether oxygens (including phenoxy) is 3. The summed E-state index contributed by atoms with van der Waals surface area (Å²) in [5, 5.41) is 0. The Morgan fingerprint density at radius 3 is 0.789 bits per heavy atom. The summed E-state index contributed by atoms with van der Waals surface area (Å²) in [5.74, 6) is -0.926. The smallest absolute Gasteiger partial charge is 0.306 e. The van der Waals surface area contributed by atoms with E-state index in [9.17, 15) is 14.4 Å². The summed E-state index contributed by atoms with van der Waals surface area (Å²) in [6.45, 7) is 6.59. The third kappa shape index (κ3) is 57.6. The topological polar surface area (TPSA) is 78.9 Å². The zero-order valence-corrected chi connectivity index (χ0v) is 47.0. The minimum atomic E-state index is -0.797. The maximum absolute atomic E-state index is 12.9. The Kier molecular flexibility index (Phi) is 56.8. The maximum Gasteiger partial charge on any atom is 0.306 e. The summed E-state index contributed by atoms with van der Waals surface area (Å²) in [6, 6.07) is 0. The van der Waals surface area contributed by atoms with Crippen LogP contribution in [0.1, 0.15) is 303 Å². The molecule has 0 saturated carbocycles. The van der Waals surface area contributed by atoms with Gasteiger partial charge in [-0.3, -0.25) is 14.4 Å². The van der Waals surface area contributed by atoms with Gasteiger partial charge < -0.3 is 14.2 Å². The summed E-state index contributed by atoms with van der Waals surface area (Å²) in [4.78, 5) is 38.2. The Hall–Kier alpha value is -3.15. The highest BCUT2D eigenvalue weighted by molar-refractivity contribution is 5.71. The lowest BCUT2D eigenvalue weighted by Gasteiger charge is -2.18. The molecule has 6 heteroatoms. The molecule has 0 bridgehead atoms. The Labute approximate surface area is 440 Å². The van der Waals surface area contributed by atoms with Crippen LogP contribution in [0.5, 0.6) is 0 Å². The van der Waals surface area contributed by atoms with Crippen molar-refractivity contribution in [3.8, 4) is 0 Å². The van der Waals surface area contributed by atoms with Crippen molar-refractivity contribution in [3.05, 3.63) is 72.9 Å². The molecule has 410 valence electrons. The third-order valence-electron chi connectivity index (χ3n) is 13.2. The molecule has 1 atom stereocenters. The minimum Gasteiger partial charge on any atom is -0.462 e. The van der Waals surface area contributed by atoms with Gasteiger partial charge in [0.1, 0.15) is 13.2 Å². The lowest BCUT2D eigenvalue weighted by atomic mass is 10.1.